The molecule has 1 aromatic carbocycles. The smallest absolute Gasteiger partial charge is 0.338 e. The first-order valence-electron chi connectivity index (χ1n) is 10.4. The Kier molecular flexibility index (Phi) is 5.09. The van der Waals surface area contributed by atoms with E-state index in [9.17, 15) is 14.4 Å². The quantitative estimate of drug-likeness (QED) is 0.333. The van der Waals surface area contributed by atoms with Crippen molar-refractivity contribution in [3.63, 3.8) is 0 Å². The van der Waals surface area contributed by atoms with E-state index in [1.165, 1.54) is 11.3 Å². The minimum absolute atomic E-state index is 0.0309. The van der Waals surface area contributed by atoms with E-state index in [0.717, 1.165) is 32.1 Å². The van der Waals surface area contributed by atoms with Crippen molar-refractivity contribution in [1.29, 1.82) is 0 Å². The first-order chi connectivity index (χ1) is 14.0. The number of anilines is 1. The number of imide groups is 1. The fraction of sp³-hybridized carbons (Fsp3) is 0.591. The summed E-state index contributed by atoms with van der Waals surface area (Å²) in [6, 6.07) is 6.76. The minimum atomic E-state index is -0.376. The van der Waals surface area contributed by atoms with Crippen LogP contribution >= 0.6 is 31.9 Å². The standard InChI is InChI=1S/C22H23Br2NO4/c23-18-14-10-15(19(18)24)17-16(14)20(26)25(21(17)27)12-6-4-5-11(9-12)22(28)29-13-7-2-1-3-8-13/h4-6,9,13-19H,1-3,7-8,10H2/t14-,15+,16-,17-,18-,19+/m0/s1. The topological polar surface area (TPSA) is 63.7 Å². The van der Waals surface area contributed by atoms with Gasteiger partial charge in [0.2, 0.25) is 11.8 Å². The van der Waals surface area contributed by atoms with Crippen molar-refractivity contribution in [2.75, 3.05) is 4.90 Å². The van der Waals surface area contributed by atoms with Gasteiger partial charge in [-0.2, -0.15) is 0 Å². The zero-order valence-corrected chi connectivity index (χ0v) is 19.1. The zero-order chi connectivity index (χ0) is 20.3. The maximum absolute atomic E-state index is 13.2. The highest BCUT2D eigenvalue weighted by atomic mass is 79.9. The van der Waals surface area contributed by atoms with Crippen LogP contribution in [0.15, 0.2) is 24.3 Å². The van der Waals surface area contributed by atoms with Gasteiger partial charge in [0, 0.05) is 9.65 Å². The van der Waals surface area contributed by atoms with Crippen LogP contribution in [0.1, 0.15) is 48.9 Å². The average Bonchev–Trinajstić information content (AvgIpc) is 3.33. The van der Waals surface area contributed by atoms with E-state index in [2.05, 4.69) is 31.9 Å². The predicted molar refractivity (Wildman–Crippen MR) is 115 cm³/mol. The van der Waals surface area contributed by atoms with Gasteiger partial charge in [0.25, 0.3) is 0 Å². The maximum atomic E-state index is 13.2. The normalized spacial score (nSPS) is 36.6. The van der Waals surface area contributed by atoms with E-state index in [1.807, 2.05) is 0 Å². The van der Waals surface area contributed by atoms with E-state index in [0.29, 0.717) is 11.3 Å². The summed E-state index contributed by atoms with van der Waals surface area (Å²) in [5, 5.41) is 0. The number of carbonyl (C=O) groups excluding carboxylic acids is 3. The molecule has 2 amide bonds. The van der Waals surface area contributed by atoms with Crippen molar-refractivity contribution in [3.05, 3.63) is 29.8 Å². The predicted octanol–water partition coefficient (Wildman–Crippen LogP) is 4.46. The lowest BCUT2D eigenvalue weighted by Gasteiger charge is -2.28. The number of benzene rings is 1. The summed E-state index contributed by atoms with van der Waals surface area (Å²) in [6.07, 6.45) is 6.05. The molecule has 5 rings (SSSR count). The van der Waals surface area contributed by atoms with E-state index < -0.39 is 0 Å². The molecule has 29 heavy (non-hydrogen) atoms. The van der Waals surface area contributed by atoms with E-state index in [-0.39, 0.29) is 57.2 Å². The Morgan fingerprint density at radius 3 is 2.21 bits per heavy atom. The molecule has 0 N–H and O–H groups in total. The van der Waals surface area contributed by atoms with Crippen LogP contribution in [-0.2, 0) is 14.3 Å². The zero-order valence-electron chi connectivity index (χ0n) is 15.9. The van der Waals surface area contributed by atoms with Crippen LogP contribution in [0.4, 0.5) is 5.69 Å². The number of halogens is 2. The minimum Gasteiger partial charge on any atom is -0.459 e. The SMILES string of the molecule is O=C(OC1CCCCC1)c1cccc(N2C(=O)[C@H]3[C@@H]4C[C@@H]([C@@H](Br)[C@H]4Br)[C@@H]3C2=O)c1. The van der Waals surface area contributed by atoms with Crippen molar-refractivity contribution in [1.82, 2.24) is 0 Å². The number of amides is 2. The van der Waals surface area contributed by atoms with Gasteiger partial charge in [-0.25, -0.2) is 4.79 Å². The van der Waals surface area contributed by atoms with Crippen molar-refractivity contribution in [2.45, 2.75) is 54.3 Å². The molecular weight excluding hydrogens is 502 g/mol. The Balaban J connectivity index is 1.38. The molecule has 4 aliphatic rings. The van der Waals surface area contributed by atoms with Gasteiger partial charge in [-0.15, -0.1) is 0 Å². The molecule has 3 saturated carbocycles. The van der Waals surface area contributed by atoms with Gasteiger partial charge in [-0.05, 0) is 62.1 Å². The molecule has 4 fully saturated rings. The van der Waals surface area contributed by atoms with E-state index in [4.69, 9.17) is 4.74 Å². The Bertz CT molecular complexity index is 836. The Labute approximate surface area is 186 Å². The molecule has 1 aliphatic heterocycles. The molecule has 0 unspecified atom stereocenters. The number of hydrogen-bond acceptors (Lipinski definition) is 4. The molecule has 2 bridgehead atoms. The highest BCUT2D eigenvalue weighted by molar-refractivity contribution is 9.12. The van der Waals surface area contributed by atoms with Crippen molar-refractivity contribution in [3.8, 4) is 0 Å². The first-order valence-corrected chi connectivity index (χ1v) is 12.3. The Morgan fingerprint density at radius 1 is 0.966 bits per heavy atom. The molecule has 0 radical (unpaired) electrons. The highest BCUT2D eigenvalue weighted by Crippen LogP contribution is 2.60. The largest absolute Gasteiger partial charge is 0.459 e. The van der Waals surface area contributed by atoms with Crippen molar-refractivity contribution < 1.29 is 19.1 Å². The van der Waals surface area contributed by atoms with E-state index >= 15 is 0 Å². The summed E-state index contributed by atoms with van der Waals surface area (Å²) in [5.41, 5.74) is 0.870. The van der Waals surface area contributed by atoms with Crippen LogP contribution < -0.4 is 4.90 Å². The summed E-state index contributed by atoms with van der Waals surface area (Å²) >= 11 is 7.42. The first kappa shape index (κ1) is 19.7. The van der Waals surface area contributed by atoms with Crippen molar-refractivity contribution >= 4 is 55.3 Å². The molecule has 0 aromatic heterocycles. The average molecular weight is 525 g/mol. The number of alkyl halides is 2. The number of nitrogens with zero attached hydrogens (tertiary/aromatic N) is 1. The van der Waals surface area contributed by atoms with Gasteiger partial charge in [-0.1, -0.05) is 44.3 Å². The Hall–Kier alpha value is -1.21. The van der Waals surface area contributed by atoms with Gasteiger partial charge >= 0.3 is 5.97 Å². The molecule has 1 aromatic rings. The summed E-state index contributed by atoms with van der Waals surface area (Å²) in [6.45, 7) is 0. The molecular formula is C22H23Br2NO4. The van der Waals surface area contributed by atoms with Crippen LogP contribution in [0, 0.1) is 23.7 Å². The molecule has 5 nitrogen and oxygen atoms in total. The second-order valence-corrected chi connectivity index (χ2v) is 10.8. The fourth-order valence-electron chi connectivity index (χ4n) is 5.78. The summed E-state index contributed by atoms with van der Waals surface area (Å²) in [4.78, 5) is 40.7. The molecule has 6 atom stereocenters. The second kappa shape index (κ2) is 7.49. The van der Waals surface area contributed by atoms with Gasteiger partial charge in [0.05, 0.1) is 23.1 Å². The third kappa shape index (κ3) is 3.11. The lowest BCUT2D eigenvalue weighted by Crippen LogP contribution is -2.37. The van der Waals surface area contributed by atoms with Crippen LogP contribution in [0.25, 0.3) is 0 Å². The molecule has 3 aliphatic carbocycles. The van der Waals surface area contributed by atoms with Gasteiger partial charge < -0.3 is 4.74 Å². The molecule has 7 heteroatoms. The Morgan fingerprint density at radius 2 is 1.59 bits per heavy atom. The highest BCUT2D eigenvalue weighted by Gasteiger charge is 2.66. The number of rotatable bonds is 3. The number of carbonyl (C=O) groups is 3. The summed E-state index contributed by atoms with van der Waals surface area (Å²) in [5.74, 6) is -0.806. The number of esters is 1. The van der Waals surface area contributed by atoms with Gasteiger partial charge in [-0.3, -0.25) is 14.5 Å². The monoisotopic (exact) mass is 523 g/mol. The molecule has 1 saturated heterocycles. The van der Waals surface area contributed by atoms with Gasteiger partial charge in [0.15, 0.2) is 0 Å². The number of fused-ring (bicyclic) bond motifs is 5. The van der Waals surface area contributed by atoms with Crippen LogP contribution in [0.3, 0.4) is 0 Å². The van der Waals surface area contributed by atoms with Crippen molar-refractivity contribution in [2.24, 2.45) is 23.7 Å². The summed E-state index contributed by atoms with van der Waals surface area (Å²) < 4.78 is 5.66. The third-order valence-corrected chi connectivity index (χ3v) is 10.4. The van der Waals surface area contributed by atoms with Gasteiger partial charge in [0.1, 0.15) is 6.10 Å². The lowest BCUT2D eigenvalue weighted by atomic mass is 9.81. The second-order valence-electron chi connectivity index (χ2n) is 8.73. The fourth-order valence-corrected chi connectivity index (χ4v) is 7.65. The van der Waals surface area contributed by atoms with Crippen LogP contribution in [0.5, 0.6) is 0 Å². The lowest BCUT2D eigenvalue weighted by molar-refractivity contribution is -0.123. The summed E-state index contributed by atoms with van der Waals surface area (Å²) in [7, 11) is 0. The molecule has 0 spiro atoms. The third-order valence-electron chi connectivity index (χ3n) is 7.15. The molecule has 154 valence electrons. The number of ether oxygens (including phenoxy) is 1. The number of hydrogen-bond donors (Lipinski definition) is 0. The van der Waals surface area contributed by atoms with E-state index in [1.54, 1.807) is 24.3 Å². The maximum Gasteiger partial charge on any atom is 0.338 e. The van der Waals surface area contributed by atoms with Crippen LogP contribution in [0.2, 0.25) is 0 Å². The van der Waals surface area contributed by atoms with Crippen LogP contribution in [-0.4, -0.2) is 33.5 Å². The molecule has 1 heterocycles.